The molecule has 0 aliphatic heterocycles. The van der Waals surface area contributed by atoms with Gasteiger partial charge in [-0.05, 0) is 12.1 Å². The lowest BCUT2D eigenvalue weighted by Gasteiger charge is -2.05. The average Bonchev–Trinajstić information content (AvgIpc) is 2.25. The Morgan fingerprint density at radius 3 is 2.33 bits per heavy atom. The summed E-state index contributed by atoms with van der Waals surface area (Å²) in [5.41, 5.74) is 0.558. The molecule has 0 saturated heterocycles. The van der Waals surface area contributed by atoms with E-state index in [2.05, 4.69) is 0 Å². The van der Waals surface area contributed by atoms with Crippen LogP contribution in [0.2, 0.25) is 15.1 Å². The van der Waals surface area contributed by atoms with E-state index in [1.54, 1.807) is 24.3 Å². The van der Waals surface area contributed by atoms with Gasteiger partial charge in [0.15, 0.2) is 0 Å². The van der Waals surface area contributed by atoms with E-state index in [4.69, 9.17) is 34.8 Å². The lowest BCUT2D eigenvalue weighted by atomic mass is 10.1. The standard InChI is InChI=1S/C11H5Cl3O/c12-9-4-10(13)11(14)7-2-1-6(5-15)3-8(7)9/h1-5H. The van der Waals surface area contributed by atoms with E-state index in [9.17, 15) is 4.79 Å². The highest BCUT2D eigenvalue weighted by Crippen LogP contribution is 2.36. The van der Waals surface area contributed by atoms with E-state index in [0.29, 0.717) is 20.6 Å². The number of carbonyl (C=O) groups is 1. The molecule has 2 aromatic carbocycles. The van der Waals surface area contributed by atoms with Gasteiger partial charge in [-0.15, -0.1) is 0 Å². The zero-order chi connectivity index (χ0) is 11.0. The van der Waals surface area contributed by atoms with Crippen molar-refractivity contribution in [3.05, 3.63) is 44.9 Å². The number of aldehydes is 1. The summed E-state index contributed by atoms with van der Waals surface area (Å²) in [7, 11) is 0. The van der Waals surface area contributed by atoms with Gasteiger partial charge >= 0.3 is 0 Å². The van der Waals surface area contributed by atoms with Crippen molar-refractivity contribution in [1.29, 1.82) is 0 Å². The fourth-order valence-electron chi connectivity index (χ4n) is 1.41. The maximum atomic E-state index is 10.6. The molecule has 0 radical (unpaired) electrons. The van der Waals surface area contributed by atoms with Gasteiger partial charge in [-0.2, -0.15) is 0 Å². The molecule has 0 spiro atoms. The molecule has 0 aliphatic carbocycles. The van der Waals surface area contributed by atoms with Gasteiger partial charge in [-0.25, -0.2) is 0 Å². The number of carbonyl (C=O) groups excluding carboxylic acids is 1. The molecule has 2 rings (SSSR count). The van der Waals surface area contributed by atoms with E-state index in [-0.39, 0.29) is 0 Å². The molecule has 2 aromatic rings. The lowest BCUT2D eigenvalue weighted by Crippen LogP contribution is -1.83. The van der Waals surface area contributed by atoms with Crippen molar-refractivity contribution in [2.45, 2.75) is 0 Å². The summed E-state index contributed by atoms with van der Waals surface area (Å²) in [5, 5.41) is 2.83. The van der Waals surface area contributed by atoms with Crippen LogP contribution in [0.5, 0.6) is 0 Å². The minimum atomic E-state index is 0.410. The van der Waals surface area contributed by atoms with E-state index >= 15 is 0 Å². The predicted octanol–water partition coefficient (Wildman–Crippen LogP) is 4.61. The zero-order valence-corrected chi connectivity index (χ0v) is 9.70. The third-order valence-electron chi connectivity index (χ3n) is 2.14. The highest BCUT2D eigenvalue weighted by atomic mass is 35.5. The van der Waals surface area contributed by atoms with Crippen molar-refractivity contribution in [3.63, 3.8) is 0 Å². The number of rotatable bonds is 1. The van der Waals surface area contributed by atoms with Crippen LogP contribution in [0.3, 0.4) is 0 Å². The summed E-state index contributed by atoms with van der Waals surface area (Å²) >= 11 is 17.9. The molecule has 15 heavy (non-hydrogen) atoms. The molecular formula is C11H5Cl3O. The predicted molar refractivity (Wildman–Crippen MR) is 64.4 cm³/mol. The van der Waals surface area contributed by atoms with E-state index in [1.807, 2.05) is 0 Å². The third-order valence-corrected chi connectivity index (χ3v) is 3.25. The second-order valence-electron chi connectivity index (χ2n) is 3.08. The Morgan fingerprint density at radius 1 is 0.933 bits per heavy atom. The first-order chi connectivity index (χ1) is 7.13. The van der Waals surface area contributed by atoms with Gasteiger partial charge in [0.25, 0.3) is 0 Å². The summed E-state index contributed by atoms with van der Waals surface area (Å²) in [6.45, 7) is 0. The smallest absolute Gasteiger partial charge is 0.150 e. The van der Waals surface area contributed by atoms with Crippen LogP contribution in [0.25, 0.3) is 10.8 Å². The molecule has 0 bridgehead atoms. The van der Waals surface area contributed by atoms with Crippen molar-refractivity contribution < 1.29 is 4.79 Å². The van der Waals surface area contributed by atoms with Crippen molar-refractivity contribution in [2.24, 2.45) is 0 Å². The summed E-state index contributed by atoms with van der Waals surface area (Å²) in [4.78, 5) is 10.6. The van der Waals surface area contributed by atoms with Crippen LogP contribution in [-0.2, 0) is 0 Å². The first-order valence-electron chi connectivity index (χ1n) is 4.16. The zero-order valence-electron chi connectivity index (χ0n) is 7.43. The van der Waals surface area contributed by atoms with Crippen molar-refractivity contribution in [3.8, 4) is 0 Å². The van der Waals surface area contributed by atoms with Crippen LogP contribution in [0.4, 0.5) is 0 Å². The Balaban J connectivity index is 2.89. The van der Waals surface area contributed by atoms with Gasteiger partial charge < -0.3 is 0 Å². The fourth-order valence-corrected chi connectivity index (χ4v) is 2.16. The van der Waals surface area contributed by atoms with Crippen LogP contribution < -0.4 is 0 Å². The molecule has 0 unspecified atom stereocenters. The summed E-state index contributed by atoms with van der Waals surface area (Å²) in [6.07, 6.45) is 0.762. The normalized spacial score (nSPS) is 10.6. The molecular weight excluding hydrogens is 254 g/mol. The molecule has 1 nitrogen and oxygen atoms in total. The Labute approximate surface area is 102 Å². The molecule has 0 aromatic heterocycles. The molecule has 0 aliphatic rings. The minimum absolute atomic E-state index is 0.410. The van der Waals surface area contributed by atoms with Crippen LogP contribution in [0.1, 0.15) is 10.4 Å². The summed E-state index contributed by atoms with van der Waals surface area (Å²) in [5.74, 6) is 0. The van der Waals surface area contributed by atoms with Gasteiger partial charge in [0.1, 0.15) is 6.29 Å². The minimum Gasteiger partial charge on any atom is -0.298 e. The second-order valence-corrected chi connectivity index (χ2v) is 4.27. The quantitative estimate of drug-likeness (QED) is 0.540. The summed E-state index contributed by atoms with van der Waals surface area (Å²) < 4.78 is 0. The van der Waals surface area contributed by atoms with Gasteiger partial charge in [-0.1, -0.05) is 46.9 Å². The number of hydrogen-bond acceptors (Lipinski definition) is 1. The second kappa shape index (κ2) is 4.01. The highest BCUT2D eigenvalue weighted by Gasteiger charge is 2.08. The lowest BCUT2D eigenvalue weighted by molar-refractivity contribution is 0.112. The molecule has 0 saturated carbocycles. The van der Waals surface area contributed by atoms with Crippen LogP contribution >= 0.6 is 34.8 Å². The van der Waals surface area contributed by atoms with E-state index < -0.39 is 0 Å². The molecule has 0 atom stereocenters. The largest absolute Gasteiger partial charge is 0.298 e. The molecule has 0 N–H and O–H groups in total. The van der Waals surface area contributed by atoms with Crippen molar-refractivity contribution in [1.82, 2.24) is 0 Å². The Kier molecular flexibility index (Phi) is 2.87. The van der Waals surface area contributed by atoms with Crippen molar-refractivity contribution in [2.75, 3.05) is 0 Å². The third kappa shape index (κ3) is 1.83. The van der Waals surface area contributed by atoms with Gasteiger partial charge in [0, 0.05) is 16.3 Å². The fraction of sp³-hybridized carbons (Fsp3) is 0. The number of benzene rings is 2. The molecule has 0 heterocycles. The molecule has 0 fully saturated rings. The van der Waals surface area contributed by atoms with Crippen LogP contribution in [-0.4, -0.2) is 6.29 Å². The molecule has 4 heteroatoms. The Bertz CT molecular complexity index is 549. The SMILES string of the molecule is O=Cc1ccc2c(Cl)c(Cl)cc(Cl)c2c1. The topological polar surface area (TPSA) is 17.1 Å². The van der Waals surface area contributed by atoms with Crippen LogP contribution in [0.15, 0.2) is 24.3 Å². The maximum absolute atomic E-state index is 10.6. The molecule has 76 valence electrons. The Hall–Kier alpha value is -0.760. The first kappa shape index (κ1) is 10.7. The van der Waals surface area contributed by atoms with Gasteiger partial charge in [0.2, 0.25) is 0 Å². The number of halogens is 3. The van der Waals surface area contributed by atoms with E-state index in [0.717, 1.165) is 17.1 Å². The van der Waals surface area contributed by atoms with Gasteiger partial charge in [-0.3, -0.25) is 4.79 Å². The van der Waals surface area contributed by atoms with Crippen molar-refractivity contribution >= 4 is 51.9 Å². The monoisotopic (exact) mass is 258 g/mol. The van der Waals surface area contributed by atoms with Crippen LogP contribution in [0, 0.1) is 0 Å². The maximum Gasteiger partial charge on any atom is 0.150 e. The number of fused-ring (bicyclic) bond motifs is 1. The van der Waals surface area contributed by atoms with Gasteiger partial charge in [0.05, 0.1) is 15.1 Å². The first-order valence-corrected chi connectivity index (χ1v) is 5.29. The molecule has 0 amide bonds. The Morgan fingerprint density at radius 2 is 1.67 bits per heavy atom. The number of hydrogen-bond donors (Lipinski definition) is 0. The summed E-state index contributed by atoms with van der Waals surface area (Å²) in [6, 6.07) is 6.67. The average molecular weight is 260 g/mol. The highest BCUT2D eigenvalue weighted by molar-refractivity contribution is 6.47. The van der Waals surface area contributed by atoms with E-state index in [1.165, 1.54) is 0 Å².